The third-order valence-electron chi connectivity index (χ3n) is 5.53. The lowest BCUT2D eigenvalue weighted by Crippen LogP contribution is -2.31. The maximum absolute atomic E-state index is 13.0. The smallest absolute Gasteiger partial charge is 0.286 e. The van der Waals surface area contributed by atoms with Gasteiger partial charge in [-0.05, 0) is 55.9 Å². The van der Waals surface area contributed by atoms with Gasteiger partial charge in [-0.2, -0.15) is 0 Å². The maximum atomic E-state index is 13.0. The Labute approximate surface area is 167 Å². The molecule has 2 amide bonds. The van der Waals surface area contributed by atoms with E-state index in [1.165, 1.54) is 48.4 Å². The van der Waals surface area contributed by atoms with Crippen LogP contribution in [0.5, 0.6) is 0 Å². The van der Waals surface area contributed by atoms with E-state index >= 15 is 0 Å². The van der Waals surface area contributed by atoms with E-state index in [1.807, 2.05) is 4.90 Å². The maximum Gasteiger partial charge on any atom is 0.286 e. The van der Waals surface area contributed by atoms with Crippen LogP contribution in [-0.4, -0.2) is 33.5 Å². The largest absolute Gasteiger partial charge is 0.333 e. The van der Waals surface area contributed by atoms with E-state index in [2.05, 4.69) is 15.5 Å². The van der Waals surface area contributed by atoms with Gasteiger partial charge in [0.1, 0.15) is 10.8 Å². The highest BCUT2D eigenvalue weighted by molar-refractivity contribution is 7.13. The molecule has 8 heteroatoms. The number of aromatic nitrogens is 2. The van der Waals surface area contributed by atoms with Crippen molar-refractivity contribution >= 4 is 28.8 Å². The fourth-order valence-electron chi connectivity index (χ4n) is 4.08. The van der Waals surface area contributed by atoms with Crippen LogP contribution < -0.4 is 5.32 Å². The van der Waals surface area contributed by atoms with E-state index in [1.54, 1.807) is 0 Å². The number of hydrogen-bond acceptors (Lipinski definition) is 5. The Hall–Kier alpha value is -2.35. The summed E-state index contributed by atoms with van der Waals surface area (Å²) in [7, 11) is 0. The fraction of sp³-hybridized carbons (Fsp3) is 0.500. The first-order valence-corrected chi connectivity index (χ1v) is 10.6. The molecule has 1 saturated carbocycles. The number of carbonyl (C=O) groups is 2. The fourth-order valence-corrected chi connectivity index (χ4v) is 4.97. The monoisotopic (exact) mass is 402 g/mol. The predicted molar refractivity (Wildman–Crippen MR) is 105 cm³/mol. The number of benzene rings is 1. The second-order valence-electron chi connectivity index (χ2n) is 7.51. The molecule has 1 aliphatic heterocycles. The van der Waals surface area contributed by atoms with Crippen LogP contribution in [0.3, 0.4) is 0 Å². The molecule has 28 heavy (non-hydrogen) atoms. The van der Waals surface area contributed by atoms with Gasteiger partial charge >= 0.3 is 0 Å². The molecule has 1 atom stereocenters. The Morgan fingerprint density at radius 2 is 1.86 bits per heavy atom. The molecule has 1 aliphatic carbocycles. The van der Waals surface area contributed by atoms with Crippen LogP contribution in [0.4, 0.5) is 10.1 Å². The third-order valence-corrected chi connectivity index (χ3v) is 6.56. The second kappa shape index (κ2) is 8.34. The SMILES string of the molecule is O=C(Nc1ccc(F)cc1)c1nnc([C@@H]2CCCN2C(=O)CC2CCCC2)s1. The van der Waals surface area contributed by atoms with Gasteiger partial charge in [0.2, 0.25) is 10.9 Å². The zero-order valence-corrected chi connectivity index (χ0v) is 16.4. The van der Waals surface area contributed by atoms with Gasteiger partial charge < -0.3 is 10.2 Å². The lowest BCUT2D eigenvalue weighted by molar-refractivity contribution is -0.133. The molecule has 148 valence electrons. The molecule has 2 aliphatic rings. The zero-order chi connectivity index (χ0) is 19.5. The minimum Gasteiger partial charge on any atom is -0.333 e. The summed E-state index contributed by atoms with van der Waals surface area (Å²) in [6, 6.07) is 5.48. The van der Waals surface area contributed by atoms with E-state index in [4.69, 9.17) is 0 Å². The van der Waals surface area contributed by atoms with Crippen LogP contribution in [0, 0.1) is 11.7 Å². The Bertz CT molecular complexity index is 848. The number of nitrogens with one attached hydrogen (secondary N) is 1. The number of nitrogens with zero attached hydrogens (tertiary/aromatic N) is 3. The summed E-state index contributed by atoms with van der Waals surface area (Å²) in [5.74, 6) is -0.0286. The lowest BCUT2D eigenvalue weighted by Gasteiger charge is -2.24. The van der Waals surface area contributed by atoms with Crippen LogP contribution in [0.2, 0.25) is 0 Å². The summed E-state index contributed by atoms with van der Waals surface area (Å²) in [5.41, 5.74) is 0.498. The molecule has 1 aromatic carbocycles. The Balaban J connectivity index is 1.41. The number of carbonyl (C=O) groups excluding carboxylic acids is 2. The first-order valence-electron chi connectivity index (χ1n) is 9.80. The highest BCUT2D eigenvalue weighted by Crippen LogP contribution is 2.36. The predicted octanol–water partition coefficient (Wildman–Crippen LogP) is 4.17. The average molecular weight is 402 g/mol. The Morgan fingerprint density at radius 3 is 2.61 bits per heavy atom. The van der Waals surface area contributed by atoms with Gasteiger partial charge in [-0.3, -0.25) is 9.59 Å². The van der Waals surface area contributed by atoms with Gasteiger partial charge in [-0.25, -0.2) is 4.39 Å². The van der Waals surface area contributed by atoms with Crippen molar-refractivity contribution < 1.29 is 14.0 Å². The summed E-state index contributed by atoms with van der Waals surface area (Å²) >= 11 is 1.22. The van der Waals surface area contributed by atoms with E-state index in [-0.39, 0.29) is 28.7 Å². The molecule has 6 nitrogen and oxygen atoms in total. The van der Waals surface area contributed by atoms with E-state index in [0.29, 0.717) is 23.0 Å². The van der Waals surface area contributed by atoms with Gasteiger partial charge in [0, 0.05) is 18.7 Å². The summed E-state index contributed by atoms with van der Waals surface area (Å²) < 4.78 is 13.0. The summed E-state index contributed by atoms with van der Waals surface area (Å²) in [5, 5.41) is 11.9. The number of rotatable bonds is 5. The number of amides is 2. The van der Waals surface area contributed by atoms with Crippen LogP contribution >= 0.6 is 11.3 Å². The van der Waals surface area contributed by atoms with Crippen LogP contribution in [0.15, 0.2) is 24.3 Å². The molecular formula is C20H23FN4O2S. The zero-order valence-electron chi connectivity index (χ0n) is 15.6. The van der Waals surface area contributed by atoms with Crippen molar-refractivity contribution in [3.8, 4) is 0 Å². The van der Waals surface area contributed by atoms with Crippen molar-refractivity contribution in [3.05, 3.63) is 40.1 Å². The molecule has 4 rings (SSSR count). The van der Waals surface area contributed by atoms with Crippen LogP contribution in [0.25, 0.3) is 0 Å². The van der Waals surface area contributed by atoms with Gasteiger partial charge in [-0.15, -0.1) is 10.2 Å². The number of halogens is 1. The van der Waals surface area contributed by atoms with Gasteiger partial charge in [0.05, 0.1) is 6.04 Å². The normalized spacial score (nSPS) is 19.9. The van der Waals surface area contributed by atoms with Crippen LogP contribution in [0.1, 0.15) is 65.8 Å². The first kappa shape index (κ1) is 19.0. The molecule has 2 fully saturated rings. The molecule has 2 aromatic rings. The third kappa shape index (κ3) is 4.22. The van der Waals surface area contributed by atoms with Gasteiger partial charge in [0.15, 0.2) is 0 Å². The van der Waals surface area contributed by atoms with Crippen molar-refractivity contribution in [1.82, 2.24) is 15.1 Å². The lowest BCUT2D eigenvalue weighted by atomic mass is 10.0. The number of likely N-dealkylation sites (tertiary alicyclic amines) is 1. The Morgan fingerprint density at radius 1 is 1.11 bits per heavy atom. The van der Waals surface area contributed by atoms with E-state index in [9.17, 15) is 14.0 Å². The summed E-state index contributed by atoms with van der Waals surface area (Å²) in [4.78, 5) is 27.1. The highest BCUT2D eigenvalue weighted by atomic mass is 32.1. The minimum absolute atomic E-state index is 0.0845. The molecule has 2 heterocycles. The van der Waals surface area contributed by atoms with Gasteiger partial charge in [-0.1, -0.05) is 24.2 Å². The summed E-state index contributed by atoms with van der Waals surface area (Å²) in [6.45, 7) is 0.743. The quantitative estimate of drug-likeness (QED) is 0.814. The Kier molecular flexibility index (Phi) is 5.66. The standard InChI is InChI=1S/C20H23FN4O2S/c21-14-7-9-15(10-8-14)22-18(27)20-24-23-19(28-20)16-6-3-11-25(16)17(26)12-13-4-1-2-5-13/h7-10,13,16H,1-6,11-12H2,(H,22,27)/t16-/m0/s1. The van der Waals surface area contributed by atoms with Crippen molar-refractivity contribution in [2.75, 3.05) is 11.9 Å². The van der Waals surface area contributed by atoms with Crippen LogP contribution in [-0.2, 0) is 4.79 Å². The van der Waals surface area contributed by atoms with Crippen molar-refractivity contribution in [1.29, 1.82) is 0 Å². The molecule has 0 spiro atoms. The van der Waals surface area contributed by atoms with Gasteiger partial charge in [0.25, 0.3) is 5.91 Å². The molecule has 0 radical (unpaired) electrons. The average Bonchev–Trinajstić information content (AvgIpc) is 3.44. The number of hydrogen-bond donors (Lipinski definition) is 1. The first-order chi connectivity index (χ1) is 13.6. The van der Waals surface area contributed by atoms with Crippen molar-refractivity contribution in [3.63, 3.8) is 0 Å². The number of anilines is 1. The molecule has 1 N–H and O–H groups in total. The highest BCUT2D eigenvalue weighted by Gasteiger charge is 2.34. The minimum atomic E-state index is -0.378. The second-order valence-corrected chi connectivity index (χ2v) is 8.52. The molecule has 1 aromatic heterocycles. The van der Waals surface area contributed by atoms with Crippen molar-refractivity contribution in [2.24, 2.45) is 5.92 Å². The van der Waals surface area contributed by atoms with E-state index < -0.39 is 0 Å². The summed E-state index contributed by atoms with van der Waals surface area (Å²) in [6.07, 6.45) is 7.16. The molecule has 0 bridgehead atoms. The topological polar surface area (TPSA) is 75.2 Å². The van der Waals surface area contributed by atoms with E-state index in [0.717, 1.165) is 32.2 Å². The molecule has 1 saturated heterocycles. The molecule has 0 unspecified atom stereocenters. The molecular weight excluding hydrogens is 379 g/mol. The van der Waals surface area contributed by atoms with Crippen molar-refractivity contribution in [2.45, 2.75) is 51.0 Å².